The van der Waals surface area contributed by atoms with Crippen LogP contribution in [0.1, 0.15) is 5.56 Å². The molecular formula is C15H14Cl2N2O2. The van der Waals surface area contributed by atoms with Crippen LogP contribution < -0.4 is 4.74 Å². The van der Waals surface area contributed by atoms with Gasteiger partial charge in [-0.2, -0.15) is 0 Å². The molecule has 6 heteroatoms. The second-order valence-corrected chi connectivity index (χ2v) is 5.32. The number of aromatic nitrogens is 1. The van der Waals surface area contributed by atoms with Gasteiger partial charge >= 0.3 is 0 Å². The Hall–Kier alpha value is -1.78. The van der Waals surface area contributed by atoms with Gasteiger partial charge in [0.25, 0.3) is 5.91 Å². The minimum absolute atomic E-state index is 0.0852. The molecule has 2 aromatic rings. The minimum atomic E-state index is -0.148. The molecule has 1 heterocycles. The summed E-state index contributed by atoms with van der Waals surface area (Å²) in [4.78, 5) is 17.6. The van der Waals surface area contributed by atoms with E-state index in [2.05, 4.69) is 4.98 Å². The van der Waals surface area contributed by atoms with Crippen molar-refractivity contribution >= 4 is 29.1 Å². The Morgan fingerprint density at radius 3 is 2.81 bits per heavy atom. The van der Waals surface area contributed by atoms with E-state index >= 15 is 0 Å². The first-order valence-corrected chi connectivity index (χ1v) is 7.02. The predicted molar refractivity (Wildman–Crippen MR) is 82.7 cm³/mol. The highest BCUT2D eigenvalue weighted by Crippen LogP contribution is 2.27. The third-order valence-electron chi connectivity index (χ3n) is 2.81. The van der Waals surface area contributed by atoms with Gasteiger partial charge in [-0.1, -0.05) is 29.3 Å². The number of carbonyl (C=O) groups excluding carboxylic acids is 1. The van der Waals surface area contributed by atoms with Crippen molar-refractivity contribution in [3.05, 3.63) is 58.3 Å². The van der Waals surface area contributed by atoms with Gasteiger partial charge < -0.3 is 9.64 Å². The van der Waals surface area contributed by atoms with Gasteiger partial charge in [-0.05, 0) is 29.8 Å². The number of carbonyl (C=O) groups is 1. The number of hydrogen-bond acceptors (Lipinski definition) is 3. The summed E-state index contributed by atoms with van der Waals surface area (Å²) in [5.74, 6) is 0.286. The van der Waals surface area contributed by atoms with E-state index in [1.54, 1.807) is 42.5 Å². The summed E-state index contributed by atoms with van der Waals surface area (Å²) in [6, 6.07) is 8.61. The predicted octanol–water partition coefficient (Wildman–Crippen LogP) is 3.43. The van der Waals surface area contributed by atoms with Gasteiger partial charge in [-0.15, -0.1) is 0 Å². The van der Waals surface area contributed by atoms with Gasteiger partial charge in [0.15, 0.2) is 6.61 Å². The molecule has 2 rings (SSSR count). The average Bonchev–Trinajstić information content (AvgIpc) is 2.47. The molecule has 0 aliphatic heterocycles. The maximum atomic E-state index is 12.0. The fourth-order valence-corrected chi connectivity index (χ4v) is 2.16. The van der Waals surface area contributed by atoms with Gasteiger partial charge in [0.05, 0.1) is 5.02 Å². The molecule has 1 aromatic carbocycles. The number of benzene rings is 1. The van der Waals surface area contributed by atoms with Crippen LogP contribution >= 0.6 is 23.2 Å². The summed E-state index contributed by atoms with van der Waals surface area (Å²) in [7, 11) is 1.71. The van der Waals surface area contributed by atoms with Crippen molar-refractivity contribution in [1.82, 2.24) is 9.88 Å². The highest BCUT2D eigenvalue weighted by Gasteiger charge is 2.11. The summed E-state index contributed by atoms with van der Waals surface area (Å²) >= 11 is 11.8. The van der Waals surface area contributed by atoms with E-state index in [0.29, 0.717) is 22.3 Å². The van der Waals surface area contributed by atoms with Crippen LogP contribution in [0.3, 0.4) is 0 Å². The molecule has 0 fully saturated rings. The molecule has 0 saturated carbocycles. The van der Waals surface area contributed by atoms with Crippen molar-refractivity contribution < 1.29 is 9.53 Å². The zero-order valence-electron chi connectivity index (χ0n) is 11.4. The summed E-state index contributed by atoms with van der Waals surface area (Å²) < 4.78 is 5.41. The Morgan fingerprint density at radius 2 is 2.14 bits per heavy atom. The molecule has 0 bridgehead atoms. The van der Waals surface area contributed by atoms with Crippen LogP contribution in [-0.4, -0.2) is 29.4 Å². The highest BCUT2D eigenvalue weighted by molar-refractivity contribution is 6.35. The number of likely N-dealkylation sites (N-methyl/N-ethyl adjacent to an activating group) is 1. The van der Waals surface area contributed by atoms with E-state index in [-0.39, 0.29) is 12.5 Å². The topological polar surface area (TPSA) is 42.4 Å². The summed E-state index contributed by atoms with van der Waals surface area (Å²) in [6.45, 7) is 0.391. The fourth-order valence-electron chi connectivity index (χ4n) is 1.70. The third kappa shape index (κ3) is 4.62. The molecule has 0 atom stereocenters. The van der Waals surface area contributed by atoms with Crippen LogP contribution in [0.15, 0.2) is 42.7 Å². The van der Waals surface area contributed by atoms with E-state index < -0.39 is 0 Å². The Labute approximate surface area is 133 Å². The Morgan fingerprint density at radius 1 is 1.33 bits per heavy atom. The average molecular weight is 325 g/mol. The van der Waals surface area contributed by atoms with Crippen molar-refractivity contribution in [2.75, 3.05) is 13.7 Å². The van der Waals surface area contributed by atoms with Gasteiger partial charge in [0, 0.05) is 31.0 Å². The number of rotatable bonds is 5. The zero-order valence-corrected chi connectivity index (χ0v) is 12.9. The van der Waals surface area contributed by atoms with Crippen molar-refractivity contribution in [3.63, 3.8) is 0 Å². The molecule has 21 heavy (non-hydrogen) atoms. The normalized spacial score (nSPS) is 10.2. The van der Waals surface area contributed by atoms with Crippen molar-refractivity contribution in [2.24, 2.45) is 0 Å². The number of pyridine rings is 1. The van der Waals surface area contributed by atoms with E-state index in [9.17, 15) is 4.79 Å². The van der Waals surface area contributed by atoms with E-state index in [4.69, 9.17) is 27.9 Å². The molecule has 0 N–H and O–H groups in total. The standard InChI is InChI=1S/C15H14Cl2N2O2/c1-19(9-11-3-2-6-18-8-11)15(20)10-21-14-5-4-12(16)7-13(14)17/h2-8H,9-10H2,1H3. The molecule has 0 radical (unpaired) electrons. The molecule has 0 unspecified atom stereocenters. The van der Waals surface area contributed by atoms with Crippen LogP contribution in [0.4, 0.5) is 0 Å². The fraction of sp³-hybridized carbons (Fsp3) is 0.200. The summed E-state index contributed by atoms with van der Waals surface area (Å²) in [5.41, 5.74) is 0.956. The maximum absolute atomic E-state index is 12.0. The van der Waals surface area contributed by atoms with Gasteiger partial charge in [0.2, 0.25) is 0 Å². The van der Waals surface area contributed by atoms with E-state index in [1.807, 2.05) is 12.1 Å². The first-order valence-electron chi connectivity index (χ1n) is 6.27. The van der Waals surface area contributed by atoms with Crippen molar-refractivity contribution in [1.29, 1.82) is 0 Å². The zero-order chi connectivity index (χ0) is 15.2. The monoisotopic (exact) mass is 324 g/mol. The number of halogens is 2. The lowest BCUT2D eigenvalue weighted by molar-refractivity contribution is -0.132. The number of hydrogen-bond donors (Lipinski definition) is 0. The van der Waals surface area contributed by atoms with Gasteiger partial charge in [0.1, 0.15) is 5.75 Å². The summed E-state index contributed by atoms with van der Waals surface area (Å²) in [5, 5.41) is 0.901. The van der Waals surface area contributed by atoms with Crippen molar-refractivity contribution in [2.45, 2.75) is 6.54 Å². The molecule has 1 aromatic heterocycles. The largest absolute Gasteiger partial charge is 0.482 e. The number of nitrogens with zero attached hydrogens (tertiary/aromatic N) is 2. The molecule has 0 saturated heterocycles. The lowest BCUT2D eigenvalue weighted by Crippen LogP contribution is -2.31. The van der Waals surface area contributed by atoms with Crippen LogP contribution in [-0.2, 0) is 11.3 Å². The van der Waals surface area contributed by atoms with Crippen LogP contribution in [0, 0.1) is 0 Å². The molecule has 4 nitrogen and oxygen atoms in total. The third-order valence-corrected chi connectivity index (χ3v) is 3.34. The molecule has 0 aliphatic carbocycles. The van der Waals surface area contributed by atoms with Gasteiger partial charge in [-0.3, -0.25) is 9.78 Å². The Balaban J connectivity index is 1.89. The van der Waals surface area contributed by atoms with Crippen molar-refractivity contribution in [3.8, 4) is 5.75 Å². The van der Waals surface area contributed by atoms with Crippen LogP contribution in [0.5, 0.6) is 5.75 Å². The van der Waals surface area contributed by atoms with Crippen LogP contribution in [0.25, 0.3) is 0 Å². The molecule has 0 aliphatic rings. The second-order valence-electron chi connectivity index (χ2n) is 4.47. The van der Waals surface area contributed by atoms with E-state index in [0.717, 1.165) is 5.56 Å². The van der Waals surface area contributed by atoms with Gasteiger partial charge in [-0.25, -0.2) is 0 Å². The maximum Gasteiger partial charge on any atom is 0.260 e. The quantitative estimate of drug-likeness (QED) is 0.846. The smallest absolute Gasteiger partial charge is 0.260 e. The number of ether oxygens (including phenoxy) is 1. The molecule has 110 valence electrons. The SMILES string of the molecule is CN(Cc1cccnc1)C(=O)COc1ccc(Cl)cc1Cl. The van der Waals surface area contributed by atoms with Crippen LogP contribution in [0.2, 0.25) is 10.0 Å². The molecule has 0 spiro atoms. The Bertz CT molecular complexity index is 620. The summed E-state index contributed by atoms with van der Waals surface area (Å²) in [6.07, 6.45) is 3.41. The second kappa shape index (κ2) is 7.29. The first kappa shape index (κ1) is 15.6. The number of amides is 1. The molecule has 1 amide bonds. The Kier molecular flexibility index (Phi) is 5.42. The lowest BCUT2D eigenvalue weighted by atomic mass is 10.3. The minimum Gasteiger partial charge on any atom is -0.482 e. The first-order chi connectivity index (χ1) is 10.1. The highest BCUT2D eigenvalue weighted by atomic mass is 35.5. The lowest BCUT2D eigenvalue weighted by Gasteiger charge is -2.17. The molecular weight excluding hydrogens is 311 g/mol. The van der Waals surface area contributed by atoms with E-state index in [1.165, 1.54) is 0 Å².